The molecule has 3 aromatic rings. The lowest BCUT2D eigenvalue weighted by molar-refractivity contribution is -0.117. The highest BCUT2D eigenvalue weighted by atomic mass is 32.1. The van der Waals surface area contributed by atoms with E-state index in [-0.39, 0.29) is 11.8 Å². The van der Waals surface area contributed by atoms with Crippen molar-refractivity contribution in [2.45, 2.75) is 25.9 Å². The number of fused-ring (bicyclic) bond motifs is 2. The van der Waals surface area contributed by atoms with E-state index in [1.54, 1.807) is 0 Å². The first-order valence-corrected chi connectivity index (χ1v) is 9.59. The molecule has 0 saturated heterocycles. The molecule has 2 atom stereocenters. The van der Waals surface area contributed by atoms with Crippen LogP contribution < -0.4 is 10.6 Å². The molecule has 5 rings (SSSR count). The molecule has 1 fully saturated rings. The predicted molar refractivity (Wildman–Crippen MR) is 104 cm³/mol. The highest BCUT2D eigenvalue weighted by molar-refractivity contribution is 7.22. The number of hydrogen-bond acceptors (Lipinski definition) is 4. The highest BCUT2D eigenvalue weighted by Gasteiger charge is 2.43. The lowest BCUT2D eigenvalue weighted by Crippen LogP contribution is -2.14. The Bertz CT molecular complexity index is 1120. The minimum atomic E-state index is -1.02. The summed E-state index contributed by atoms with van der Waals surface area (Å²) in [6, 6.07) is 9.89. The zero-order valence-electron chi connectivity index (χ0n) is 14.5. The van der Waals surface area contributed by atoms with Gasteiger partial charge < -0.3 is 10.6 Å². The summed E-state index contributed by atoms with van der Waals surface area (Å²) >= 11 is 1.37. The third-order valence-corrected chi connectivity index (χ3v) is 6.04. The SMILES string of the molecule is Cc1ccc2c(c1-c1ccc3sc(NC(=O)C4CC4F)nc3c1)CC(=O)N2. The Morgan fingerprint density at radius 3 is 2.93 bits per heavy atom. The maximum atomic E-state index is 13.0. The second-order valence-electron chi connectivity index (χ2n) is 7.06. The first-order chi connectivity index (χ1) is 13.0. The van der Waals surface area contributed by atoms with Crippen LogP contribution in [0.15, 0.2) is 30.3 Å². The van der Waals surface area contributed by atoms with Crippen LogP contribution in [-0.4, -0.2) is 23.0 Å². The van der Waals surface area contributed by atoms with Gasteiger partial charge in [-0.05, 0) is 53.8 Å². The summed E-state index contributed by atoms with van der Waals surface area (Å²) in [6.07, 6.45) is -0.355. The molecule has 0 bridgehead atoms. The molecule has 1 aromatic heterocycles. The van der Waals surface area contributed by atoms with Crippen LogP contribution in [0.4, 0.5) is 15.2 Å². The van der Waals surface area contributed by atoms with Crippen LogP contribution in [0.25, 0.3) is 21.3 Å². The standard InChI is InChI=1S/C20H16FN3O2S/c1-9-2-4-14-12(8-17(25)22-14)18(9)10-3-5-16-15(6-10)23-20(27-16)24-19(26)11-7-13(11)21/h2-6,11,13H,7-8H2,1H3,(H,22,25)(H,23,24,26). The third kappa shape index (κ3) is 2.78. The summed E-state index contributed by atoms with van der Waals surface area (Å²) in [4.78, 5) is 28.2. The fraction of sp³-hybridized carbons (Fsp3) is 0.250. The average Bonchev–Trinajstić information content (AvgIpc) is 3.05. The van der Waals surface area contributed by atoms with Gasteiger partial charge in [-0.25, -0.2) is 9.37 Å². The Morgan fingerprint density at radius 2 is 2.15 bits per heavy atom. The number of halogens is 1. The van der Waals surface area contributed by atoms with E-state index in [1.807, 2.05) is 37.3 Å². The van der Waals surface area contributed by atoms with Gasteiger partial charge in [0.1, 0.15) is 6.17 Å². The smallest absolute Gasteiger partial charge is 0.232 e. The van der Waals surface area contributed by atoms with E-state index in [1.165, 1.54) is 11.3 Å². The minimum Gasteiger partial charge on any atom is -0.326 e. The number of amides is 2. The van der Waals surface area contributed by atoms with E-state index in [9.17, 15) is 14.0 Å². The molecular weight excluding hydrogens is 365 g/mol. The lowest BCUT2D eigenvalue weighted by atomic mass is 9.93. The number of aryl methyl sites for hydroxylation is 1. The molecule has 1 aliphatic heterocycles. The van der Waals surface area contributed by atoms with Gasteiger partial charge in [0.25, 0.3) is 0 Å². The average molecular weight is 381 g/mol. The summed E-state index contributed by atoms with van der Waals surface area (Å²) in [5.74, 6) is -0.835. The molecular formula is C20H16FN3O2S. The van der Waals surface area contributed by atoms with Gasteiger partial charge in [-0.15, -0.1) is 0 Å². The number of carbonyl (C=O) groups is 2. The normalized spacial score (nSPS) is 20.4. The number of nitrogens with one attached hydrogen (secondary N) is 2. The van der Waals surface area contributed by atoms with Crippen LogP contribution in [0.1, 0.15) is 17.5 Å². The first-order valence-electron chi connectivity index (χ1n) is 8.78. The van der Waals surface area contributed by atoms with Gasteiger partial charge in [-0.2, -0.15) is 0 Å². The molecule has 0 spiro atoms. The quantitative estimate of drug-likeness (QED) is 0.719. The number of carbonyl (C=O) groups excluding carboxylic acids is 2. The second kappa shape index (κ2) is 5.85. The number of nitrogens with zero attached hydrogens (tertiary/aromatic N) is 1. The van der Waals surface area contributed by atoms with E-state index < -0.39 is 12.1 Å². The van der Waals surface area contributed by atoms with Crippen LogP contribution in [0.5, 0.6) is 0 Å². The highest BCUT2D eigenvalue weighted by Crippen LogP contribution is 2.39. The van der Waals surface area contributed by atoms with E-state index in [0.29, 0.717) is 18.0 Å². The monoisotopic (exact) mass is 381 g/mol. The zero-order chi connectivity index (χ0) is 18.7. The van der Waals surface area contributed by atoms with Crippen LogP contribution in [0.3, 0.4) is 0 Å². The van der Waals surface area contributed by atoms with Crippen LogP contribution in [0.2, 0.25) is 0 Å². The van der Waals surface area contributed by atoms with Gasteiger partial charge in [0.2, 0.25) is 11.8 Å². The van der Waals surface area contributed by atoms with Crippen molar-refractivity contribution in [2.75, 3.05) is 10.6 Å². The summed E-state index contributed by atoms with van der Waals surface area (Å²) in [5.41, 5.74) is 5.76. The topological polar surface area (TPSA) is 71.1 Å². The van der Waals surface area contributed by atoms with Crippen molar-refractivity contribution in [3.63, 3.8) is 0 Å². The molecule has 2 aliphatic rings. The number of thiazole rings is 1. The third-order valence-electron chi connectivity index (χ3n) is 5.09. The molecule has 0 radical (unpaired) electrons. The fourth-order valence-electron chi connectivity index (χ4n) is 3.59. The fourth-order valence-corrected chi connectivity index (χ4v) is 4.44. The molecule has 1 aliphatic carbocycles. The summed E-state index contributed by atoms with van der Waals surface area (Å²) in [7, 11) is 0. The van der Waals surface area contributed by atoms with Gasteiger partial charge in [-0.3, -0.25) is 9.59 Å². The van der Waals surface area contributed by atoms with E-state index in [4.69, 9.17) is 0 Å². The number of rotatable bonds is 3. The van der Waals surface area contributed by atoms with Crippen molar-refractivity contribution in [1.29, 1.82) is 0 Å². The zero-order valence-corrected chi connectivity index (χ0v) is 15.3. The Kier molecular flexibility index (Phi) is 3.55. The van der Waals surface area contributed by atoms with Crippen LogP contribution in [-0.2, 0) is 16.0 Å². The molecule has 2 unspecified atom stereocenters. The van der Waals surface area contributed by atoms with Gasteiger partial charge in [0.05, 0.1) is 22.6 Å². The maximum Gasteiger partial charge on any atom is 0.232 e. The predicted octanol–water partition coefficient (Wildman–Crippen LogP) is 4.06. The first kappa shape index (κ1) is 16.4. The van der Waals surface area contributed by atoms with E-state index >= 15 is 0 Å². The summed E-state index contributed by atoms with van der Waals surface area (Å²) in [6.45, 7) is 2.03. The van der Waals surface area contributed by atoms with E-state index in [2.05, 4.69) is 15.6 Å². The van der Waals surface area contributed by atoms with Gasteiger partial charge >= 0.3 is 0 Å². The van der Waals surface area contributed by atoms with E-state index in [0.717, 1.165) is 38.2 Å². The molecule has 136 valence electrons. The number of benzene rings is 2. The lowest BCUT2D eigenvalue weighted by Gasteiger charge is -2.11. The van der Waals surface area contributed by atoms with Crippen molar-refractivity contribution >= 4 is 44.2 Å². The maximum absolute atomic E-state index is 13.0. The Morgan fingerprint density at radius 1 is 1.33 bits per heavy atom. The van der Waals surface area contributed by atoms with Crippen molar-refractivity contribution in [2.24, 2.45) is 5.92 Å². The van der Waals surface area contributed by atoms with Crippen LogP contribution in [0, 0.1) is 12.8 Å². The number of alkyl halides is 1. The van der Waals surface area contributed by atoms with Gasteiger partial charge in [0.15, 0.2) is 5.13 Å². The molecule has 27 heavy (non-hydrogen) atoms. The summed E-state index contributed by atoms with van der Waals surface area (Å²) < 4.78 is 14.0. The molecule has 2 N–H and O–H groups in total. The van der Waals surface area contributed by atoms with Crippen molar-refractivity contribution < 1.29 is 14.0 Å². The van der Waals surface area contributed by atoms with Gasteiger partial charge in [0, 0.05) is 5.69 Å². The molecule has 2 aromatic carbocycles. The second-order valence-corrected chi connectivity index (χ2v) is 8.09. The van der Waals surface area contributed by atoms with Gasteiger partial charge in [-0.1, -0.05) is 23.5 Å². The van der Waals surface area contributed by atoms with Crippen molar-refractivity contribution in [1.82, 2.24) is 4.98 Å². The summed E-state index contributed by atoms with van der Waals surface area (Å²) in [5, 5.41) is 6.09. The molecule has 2 heterocycles. The Balaban J connectivity index is 1.52. The largest absolute Gasteiger partial charge is 0.326 e. The Hall–Kier alpha value is -2.80. The molecule has 7 heteroatoms. The molecule has 1 saturated carbocycles. The number of anilines is 2. The number of hydrogen-bond donors (Lipinski definition) is 2. The minimum absolute atomic E-state index is 0.00262. The number of aromatic nitrogens is 1. The Labute approximate surface area is 158 Å². The van der Waals surface area contributed by atoms with Crippen molar-refractivity contribution in [3.05, 3.63) is 41.5 Å². The van der Waals surface area contributed by atoms with Crippen LogP contribution >= 0.6 is 11.3 Å². The molecule has 2 amide bonds. The van der Waals surface area contributed by atoms with Crippen molar-refractivity contribution in [3.8, 4) is 11.1 Å². The molecule has 5 nitrogen and oxygen atoms in total.